The van der Waals surface area contributed by atoms with Crippen molar-refractivity contribution in [3.63, 3.8) is 0 Å². The standard InChI is InChI=1S/C30H33ClN5O2/c1-36(19-30(38)33-24-8-4-5-9-24)28-18-26(31)34-27(35-28)16-20-10-12-25(13-11-20)32-29(37)17-21-14-22-6-2-3-7-23(22)15-21/h2-3,6-7,10-13,21,24H,4-5,8-9,14-17,19H2,1H3,(H,32,37)(H,33,38). The van der Waals surface area contributed by atoms with Crippen LogP contribution in [0.2, 0.25) is 5.15 Å². The second kappa shape index (κ2) is 11.9. The Morgan fingerprint density at radius 2 is 1.68 bits per heavy atom. The zero-order chi connectivity index (χ0) is 26.5. The van der Waals surface area contributed by atoms with Crippen LogP contribution in [0.3, 0.4) is 0 Å². The SMILES string of the molecule is CN(CC(=O)NC1CCCC1)c1[c]c(Cl)nc(Cc2ccc(NC(=O)CC3Cc4ccccc4C3)cc2)n1. The van der Waals surface area contributed by atoms with Crippen LogP contribution in [0.5, 0.6) is 0 Å². The molecule has 8 heteroatoms. The first kappa shape index (κ1) is 26.2. The van der Waals surface area contributed by atoms with Crippen LogP contribution < -0.4 is 15.5 Å². The zero-order valence-corrected chi connectivity index (χ0v) is 22.4. The minimum Gasteiger partial charge on any atom is -0.352 e. The van der Waals surface area contributed by atoms with Crippen molar-refractivity contribution in [2.45, 2.75) is 57.4 Å². The fraction of sp³-hybridized carbons (Fsp3) is 0.400. The Balaban J connectivity index is 1.13. The number of hydrogen-bond acceptors (Lipinski definition) is 5. The van der Waals surface area contributed by atoms with Gasteiger partial charge in [-0.05, 0) is 60.4 Å². The van der Waals surface area contributed by atoms with Crippen LogP contribution in [0.25, 0.3) is 0 Å². The summed E-state index contributed by atoms with van der Waals surface area (Å²) in [7, 11) is 1.80. The molecule has 2 N–H and O–H groups in total. The molecule has 2 amide bonds. The molecule has 1 radical (unpaired) electrons. The Bertz CT molecular complexity index is 1270. The van der Waals surface area contributed by atoms with Gasteiger partial charge in [-0.1, -0.05) is 60.8 Å². The summed E-state index contributed by atoms with van der Waals surface area (Å²) in [5, 5.41) is 6.33. The van der Waals surface area contributed by atoms with Gasteiger partial charge in [0.15, 0.2) is 0 Å². The first-order valence-corrected chi connectivity index (χ1v) is 13.7. The van der Waals surface area contributed by atoms with E-state index in [0.717, 1.165) is 36.9 Å². The molecule has 0 saturated heterocycles. The third-order valence-electron chi connectivity index (χ3n) is 7.35. The van der Waals surface area contributed by atoms with Crippen molar-refractivity contribution in [1.82, 2.24) is 15.3 Å². The maximum atomic E-state index is 12.6. The summed E-state index contributed by atoms with van der Waals surface area (Å²) in [5.41, 5.74) is 4.47. The largest absolute Gasteiger partial charge is 0.352 e. The Morgan fingerprint density at radius 1 is 1.00 bits per heavy atom. The van der Waals surface area contributed by atoms with E-state index in [1.54, 1.807) is 11.9 Å². The number of fused-ring (bicyclic) bond motifs is 1. The molecule has 1 fully saturated rings. The van der Waals surface area contributed by atoms with Crippen LogP contribution in [0, 0.1) is 12.0 Å². The third-order valence-corrected chi connectivity index (χ3v) is 7.53. The average molecular weight is 531 g/mol. The van der Waals surface area contributed by atoms with E-state index >= 15 is 0 Å². The molecule has 3 aromatic rings. The van der Waals surface area contributed by atoms with Gasteiger partial charge < -0.3 is 15.5 Å². The van der Waals surface area contributed by atoms with Crippen LogP contribution >= 0.6 is 11.6 Å². The number of nitrogens with one attached hydrogen (secondary N) is 2. The number of likely N-dealkylation sites (N-methyl/N-ethyl adjacent to an activating group) is 1. The number of anilines is 2. The van der Waals surface area contributed by atoms with Gasteiger partial charge in [0, 0.05) is 31.6 Å². The van der Waals surface area contributed by atoms with Gasteiger partial charge in [0.1, 0.15) is 16.8 Å². The van der Waals surface area contributed by atoms with Gasteiger partial charge in [-0.2, -0.15) is 0 Å². The monoisotopic (exact) mass is 530 g/mol. The topological polar surface area (TPSA) is 87.2 Å². The highest BCUT2D eigenvalue weighted by Gasteiger charge is 2.23. The molecule has 2 aliphatic rings. The summed E-state index contributed by atoms with van der Waals surface area (Å²) in [4.78, 5) is 35.7. The molecule has 2 aliphatic carbocycles. The van der Waals surface area contributed by atoms with Gasteiger partial charge in [-0.25, -0.2) is 9.97 Å². The van der Waals surface area contributed by atoms with E-state index in [1.165, 1.54) is 24.0 Å². The molecule has 0 unspecified atom stereocenters. The highest BCUT2D eigenvalue weighted by molar-refractivity contribution is 6.29. The van der Waals surface area contributed by atoms with Gasteiger partial charge in [0.25, 0.3) is 0 Å². The first-order valence-electron chi connectivity index (χ1n) is 13.3. The predicted octanol–water partition coefficient (Wildman–Crippen LogP) is 4.76. The summed E-state index contributed by atoms with van der Waals surface area (Å²) < 4.78 is 0. The molecule has 0 atom stereocenters. The van der Waals surface area contributed by atoms with E-state index in [1.807, 2.05) is 24.3 Å². The van der Waals surface area contributed by atoms with Gasteiger partial charge in [0.2, 0.25) is 11.8 Å². The second-order valence-corrected chi connectivity index (χ2v) is 10.8. The van der Waals surface area contributed by atoms with Crippen molar-refractivity contribution in [3.8, 4) is 0 Å². The fourth-order valence-electron chi connectivity index (χ4n) is 5.46. The Hall–Kier alpha value is -3.45. The molecule has 5 rings (SSSR count). The van der Waals surface area contributed by atoms with Crippen LogP contribution in [0.4, 0.5) is 11.5 Å². The highest BCUT2D eigenvalue weighted by atomic mass is 35.5. The van der Waals surface area contributed by atoms with Gasteiger partial charge >= 0.3 is 0 Å². The lowest BCUT2D eigenvalue weighted by atomic mass is 10.0. The van der Waals surface area contributed by atoms with Crippen molar-refractivity contribution >= 4 is 34.9 Å². The maximum absolute atomic E-state index is 12.6. The summed E-state index contributed by atoms with van der Waals surface area (Å²) in [5.74, 6) is 1.39. The lowest BCUT2D eigenvalue weighted by Crippen LogP contribution is -2.40. The van der Waals surface area contributed by atoms with E-state index in [9.17, 15) is 9.59 Å². The van der Waals surface area contributed by atoms with Crippen LogP contribution in [-0.2, 0) is 28.9 Å². The van der Waals surface area contributed by atoms with E-state index in [4.69, 9.17) is 11.6 Å². The first-order chi connectivity index (χ1) is 18.4. The van der Waals surface area contributed by atoms with E-state index in [2.05, 4.69) is 50.9 Å². The lowest BCUT2D eigenvalue weighted by Gasteiger charge is -2.20. The average Bonchev–Trinajstić information content (AvgIpc) is 3.54. The normalized spacial score (nSPS) is 15.3. The Labute approximate surface area is 229 Å². The van der Waals surface area contributed by atoms with Crippen molar-refractivity contribution in [2.75, 3.05) is 23.8 Å². The Kier molecular flexibility index (Phi) is 8.23. The number of halogens is 1. The van der Waals surface area contributed by atoms with E-state index in [-0.39, 0.29) is 29.6 Å². The summed E-state index contributed by atoms with van der Waals surface area (Å²) >= 11 is 6.23. The van der Waals surface area contributed by atoms with Crippen molar-refractivity contribution in [3.05, 3.63) is 82.3 Å². The van der Waals surface area contributed by atoms with E-state index in [0.29, 0.717) is 30.4 Å². The summed E-state index contributed by atoms with van der Waals surface area (Å²) in [6, 6.07) is 19.3. The number of nitrogens with zero attached hydrogens (tertiary/aromatic N) is 3. The number of benzene rings is 2. The minimum atomic E-state index is -0.0285. The molecule has 0 bridgehead atoms. The smallest absolute Gasteiger partial charge is 0.239 e. The Morgan fingerprint density at radius 3 is 2.37 bits per heavy atom. The third kappa shape index (κ3) is 6.90. The molecule has 2 aromatic carbocycles. The summed E-state index contributed by atoms with van der Waals surface area (Å²) in [6.45, 7) is 0.182. The molecule has 0 spiro atoms. The molecule has 1 aromatic heterocycles. The fourth-order valence-corrected chi connectivity index (χ4v) is 5.64. The van der Waals surface area contributed by atoms with Crippen LogP contribution in [-0.4, -0.2) is 41.4 Å². The van der Waals surface area contributed by atoms with Crippen molar-refractivity contribution in [1.29, 1.82) is 0 Å². The summed E-state index contributed by atoms with van der Waals surface area (Å²) in [6.07, 6.45) is 7.33. The molecular formula is C30H33ClN5O2. The van der Waals surface area contributed by atoms with Crippen LogP contribution in [0.1, 0.15) is 54.6 Å². The number of aromatic nitrogens is 2. The molecular weight excluding hydrogens is 498 g/mol. The lowest BCUT2D eigenvalue weighted by molar-refractivity contribution is -0.120. The molecule has 1 heterocycles. The number of amides is 2. The number of carbonyl (C=O) groups is 2. The van der Waals surface area contributed by atoms with Crippen LogP contribution in [0.15, 0.2) is 48.5 Å². The predicted molar refractivity (Wildman–Crippen MR) is 149 cm³/mol. The van der Waals surface area contributed by atoms with E-state index < -0.39 is 0 Å². The maximum Gasteiger partial charge on any atom is 0.239 e. The number of carbonyl (C=O) groups excluding carboxylic acids is 2. The quantitative estimate of drug-likeness (QED) is 0.389. The van der Waals surface area contributed by atoms with Gasteiger partial charge in [-0.15, -0.1) is 0 Å². The minimum absolute atomic E-state index is 0.0285. The van der Waals surface area contributed by atoms with Crippen molar-refractivity contribution < 1.29 is 9.59 Å². The molecule has 197 valence electrons. The van der Waals surface area contributed by atoms with Gasteiger partial charge in [-0.3, -0.25) is 9.59 Å². The van der Waals surface area contributed by atoms with Crippen molar-refractivity contribution in [2.24, 2.45) is 5.92 Å². The molecule has 1 saturated carbocycles. The number of rotatable bonds is 9. The molecule has 7 nitrogen and oxygen atoms in total. The number of hydrogen-bond donors (Lipinski definition) is 2. The second-order valence-electron chi connectivity index (χ2n) is 10.5. The van der Waals surface area contributed by atoms with Gasteiger partial charge in [0.05, 0.1) is 12.6 Å². The zero-order valence-electron chi connectivity index (χ0n) is 21.7. The molecule has 0 aliphatic heterocycles. The highest BCUT2D eigenvalue weighted by Crippen LogP contribution is 2.29. The molecule has 38 heavy (non-hydrogen) atoms.